The fourth-order valence-corrected chi connectivity index (χ4v) is 3.47. The molecule has 0 atom stereocenters. The molecule has 0 unspecified atom stereocenters. The van der Waals surface area contributed by atoms with Crippen LogP contribution in [0.3, 0.4) is 0 Å². The molecule has 1 aliphatic heterocycles. The normalized spacial score (nSPS) is 15.8. The highest BCUT2D eigenvalue weighted by Gasteiger charge is 2.19. The average molecular weight is 339 g/mol. The summed E-state index contributed by atoms with van der Waals surface area (Å²) in [5.74, 6) is 1.06. The van der Waals surface area contributed by atoms with Crippen LogP contribution in [0.2, 0.25) is 5.02 Å². The molecule has 3 heterocycles. The molecule has 1 fully saturated rings. The zero-order chi connectivity index (χ0) is 16.4. The third-order valence-corrected chi connectivity index (χ3v) is 4.95. The van der Waals surface area contributed by atoms with E-state index in [1.165, 1.54) is 0 Å². The lowest BCUT2D eigenvalue weighted by Gasteiger charge is -2.35. The first kappa shape index (κ1) is 15.4. The van der Waals surface area contributed by atoms with Gasteiger partial charge in [0.2, 0.25) is 0 Å². The molecule has 24 heavy (non-hydrogen) atoms. The van der Waals surface area contributed by atoms with Gasteiger partial charge in [0.25, 0.3) is 0 Å². The molecule has 4 rings (SSSR count). The predicted molar refractivity (Wildman–Crippen MR) is 98.5 cm³/mol. The summed E-state index contributed by atoms with van der Waals surface area (Å²) >= 11 is 6.58. The lowest BCUT2D eigenvalue weighted by atomic mass is 10.1. The third-order valence-electron chi connectivity index (χ3n) is 4.53. The maximum Gasteiger partial charge on any atom is 0.128 e. The van der Waals surface area contributed by atoms with Gasteiger partial charge in [0.15, 0.2) is 0 Å². The van der Waals surface area contributed by atoms with Crippen LogP contribution in [0.15, 0.2) is 54.9 Å². The number of aromatic nitrogens is 2. The van der Waals surface area contributed by atoms with Gasteiger partial charge in [-0.3, -0.25) is 9.88 Å². The van der Waals surface area contributed by atoms with E-state index in [4.69, 9.17) is 11.6 Å². The Balaban J connectivity index is 1.45. The van der Waals surface area contributed by atoms with Crippen LogP contribution in [0.25, 0.3) is 10.9 Å². The van der Waals surface area contributed by atoms with Crippen molar-refractivity contribution in [2.45, 2.75) is 6.54 Å². The Kier molecular flexibility index (Phi) is 4.32. The molecule has 1 saturated heterocycles. The smallest absolute Gasteiger partial charge is 0.128 e. The van der Waals surface area contributed by atoms with Crippen LogP contribution in [-0.4, -0.2) is 41.0 Å². The van der Waals surface area contributed by atoms with Gasteiger partial charge >= 0.3 is 0 Å². The van der Waals surface area contributed by atoms with Crippen molar-refractivity contribution in [1.29, 1.82) is 0 Å². The number of fused-ring (bicyclic) bond motifs is 1. The van der Waals surface area contributed by atoms with Gasteiger partial charge in [0.05, 0.1) is 10.5 Å². The maximum atomic E-state index is 6.58. The molecule has 0 radical (unpaired) electrons. The fourth-order valence-electron chi connectivity index (χ4n) is 3.19. The van der Waals surface area contributed by atoms with Crippen molar-refractivity contribution >= 4 is 28.3 Å². The number of pyridine rings is 2. The summed E-state index contributed by atoms with van der Waals surface area (Å²) in [4.78, 5) is 13.6. The number of hydrogen-bond donors (Lipinski definition) is 0. The predicted octanol–water partition coefficient (Wildman–Crippen LogP) is 3.61. The summed E-state index contributed by atoms with van der Waals surface area (Å²) in [7, 11) is 0. The molecule has 0 spiro atoms. The third kappa shape index (κ3) is 3.07. The lowest BCUT2D eigenvalue weighted by Crippen LogP contribution is -2.46. The van der Waals surface area contributed by atoms with Crippen molar-refractivity contribution in [1.82, 2.24) is 14.9 Å². The molecule has 0 amide bonds. The van der Waals surface area contributed by atoms with E-state index in [2.05, 4.69) is 38.0 Å². The molecular weight excluding hydrogens is 320 g/mol. The molecule has 0 bridgehead atoms. The van der Waals surface area contributed by atoms with Gasteiger partial charge in [-0.15, -0.1) is 0 Å². The second-order valence-electron chi connectivity index (χ2n) is 6.06. The van der Waals surface area contributed by atoms with Gasteiger partial charge in [0, 0.05) is 50.5 Å². The Labute approximate surface area is 146 Å². The number of anilines is 1. The molecule has 2 aromatic heterocycles. The van der Waals surface area contributed by atoms with Crippen LogP contribution >= 0.6 is 11.6 Å². The SMILES string of the molecule is Clc1c(CN2CCN(c3ccccn3)CC2)ccc2cccnc12. The molecule has 5 heteroatoms. The molecule has 1 aliphatic rings. The van der Waals surface area contributed by atoms with E-state index in [0.717, 1.165) is 60.0 Å². The van der Waals surface area contributed by atoms with Crippen molar-refractivity contribution in [2.24, 2.45) is 0 Å². The second kappa shape index (κ2) is 6.75. The van der Waals surface area contributed by atoms with Crippen molar-refractivity contribution < 1.29 is 0 Å². The molecular formula is C19H19ClN4. The van der Waals surface area contributed by atoms with Gasteiger partial charge in [-0.25, -0.2) is 4.98 Å². The Hall–Kier alpha value is -2.17. The van der Waals surface area contributed by atoms with Crippen molar-refractivity contribution in [3.8, 4) is 0 Å². The lowest BCUT2D eigenvalue weighted by molar-refractivity contribution is 0.249. The number of halogens is 1. The summed E-state index contributed by atoms with van der Waals surface area (Å²) < 4.78 is 0. The molecule has 4 nitrogen and oxygen atoms in total. The first-order valence-electron chi connectivity index (χ1n) is 8.22. The monoisotopic (exact) mass is 338 g/mol. The van der Waals surface area contributed by atoms with Crippen LogP contribution < -0.4 is 4.90 Å². The summed E-state index contributed by atoms with van der Waals surface area (Å²) in [6.45, 7) is 4.85. The van der Waals surface area contributed by atoms with E-state index in [-0.39, 0.29) is 0 Å². The largest absolute Gasteiger partial charge is 0.354 e. The van der Waals surface area contributed by atoms with Crippen molar-refractivity contribution in [3.05, 3.63) is 65.4 Å². The zero-order valence-corrected chi connectivity index (χ0v) is 14.2. The van der Waals surface area contributed by atoms with E-state index in [9.17, 15) is 0 Å². The summed E-state index contributed by atoms with van der Waals surface area (Å²) in [5, 5.41) is 1.87. The highest BCUT2D eigenvalue weighted by Crippen LogP contribution is 2.27. The highest BCUT2D eigenvalue weighted by molar-refractivity contribution is 6.35. The van der Waals surface area contributed by atoms with E-state index >= 15 is 0 Å². The van der Waals surface area contributed by atoms with Crippen molar-refractivity contribution in [2.75, 3.05) is 31.1 Å². The second-order valence-corrected chi connectivity index (χ2v) is 6.44. The quantitative estimate of drug-likeness (QED) is 0.730. The Bertz CT molecular complexity index is 829. The van der Waals surface area contributed by atoms with Gasteiger partial charge in [-0.1, -0.05) is 35.9 Å². The van der Waals surface area contributed by atoms with E-state index in [0.29, 0.717) is 0 Å². The summed E-state index contributed by atoms with van der Waals surface area (Å²) in [6.07, 6.45) is 3.65. The Morgan fingerprint density at radius 1 is 0.875 bits per heavy atom. The van der Waals surface area contributed by atoms with Gasteiger partial charge in [-0.2, -0.15) is 0 Å². The minimum Gasteiger partial charge on any atom is -0.354 e. The number of rotatable bonds is 3. The first-order chi connectivity index (χ1) is 11.8. The van der Waals surface area contributed by atoms with Crippen LogP contribution in [0.4, 0.5) is 5.82 Å². The number of benzene rings is 1. The molecule has 0 N–H and O–H groups in total. The highest BCUT2D eigenvalue weighted by atomic mass is 35.5. The maximum absolute atomic E-state index is 6.58. The molecule has 1 aromatic carbocycles. The topological polar surface area (TPSA) is 32.3 Å². The van der Waals surface area contributed by atoms with Crippen LogP contribution in [0.5, 0.6) is 0 Å². The average Bonchev–Trinajstić information content (AvgIpc) is 2.66. The standard InChI is InChI=1S/C19H19ClN4/c20-18-16(7-6-15-4-3-9-22-19(15)18)14-23-10-12-24(13-11-23)17-5-1-2-8-21-17/h1-9H,10-14H2. The van der Waals surface area contributed by atoms with E-state index < -0.39 is 0 Å². The Morgan fingerprint density at radius 2 is 1.71 bits per heavy atom. The van der Waals surface area contributed by atoms with E-state index in [1.54, 1.807) is 6.20 Å². The van der Waals surface area contributed by atoms with Gasteiger partial charge in [0.1, 0.15) is 5.82 Å². The van der Waals surface area contributed by atoms with Gasteiger partial charge < -0.3 is 4.90 Å². The molecule has 0 aliphatic carbocycles. The van der Waals surface area contributed by atoms with Gasteiger partial charge in [-0.05, 0) is 23.8 Å². The molecule has 122 valence electrons. The van der Waals surface area contributed by atoms with E-state index in [1.807, 2.05) is 30.5 Å². The van der Waals surface area contributed by atoms with Crippen LogP contribution in [-0.2, 0) is 6.54 Å². The first-order valence-corrected chi connectivity index (χ1v) is 8.59. The minimum atomic E-state index is 0.778. The minimum absolute atomic E-state index is 0.778. The number of nitrogens with zero attached hydrogens (tertiary/aromatic N) is 4. The Morgan fingerprint density at radius 3 is 2.50 bits per heavy atom. The van der Waals surface area contributed by atoms with Crippen LogP contribution in [0.1, 0.15) is 5.56 Å². The molecule has 3 aromatic rings. The zero-order valence-electron chi connectivity index (χ0n) is 13.4. The van der Waals surface area contributed by atoms with Crippen molar-refractivity contribution in [3.63, 3.8) is 0 Å². The molecule has 0 saturated carbocycles. The number of piperazine rings is 1. The number of hydrogen-bond acceptors (Lipinski definition) is 4. The van der Waals surface area contributed by atoms with Crippen LogP contribution in [0, 0.1) is 0 Å². The fraction of sp³-hybridized carbons (Fsp3) is 0.263. The summed E-state index contributed by atoms with van der Waals surface area (Å²) in [5.41, 5.74) is 2.04. The summed E-state index contributed by atoms with van der Waals surface area (Å²) in [6, 6.07) is 14.3.